The summed E-state index contributed by atoms with van der Waals surface area (Å²) in [5.74, 6) is 0.342. The lowest BCUT2D eigenvalue weighted by molar-refractivity contribution is -0.676. The van der Waals surface area contributed by atoms with Crippen molar-refractivity contribution >= 4 is 52.7 Å². The SMILES string of the molecule is CCn1c(CNC(=O)c2nc(Cl)cnc2N)[n+](CC)c2ccc(C(=O)NCCCNC)cc21.Cl.[Cl-]. The molecule has 0 aliphatic carbocycles. The summed E-state index contributed by atoms with van der Waals surface area (Å²) < 4.78 is 4.20. The van der Waals surface area contributed by atoms with Gasteiger partial charge in [0.1, 0.15) is 11.7 Å². The fraction of sp³-hybridized carbons (Fsp3) is 0.409. The van der Waals surface area contributed by atoms with Gasteiger partial charge in [0.2, 0.25) is 0 Å². The third kappa shape index (κ3) is 6.94. The van der Waals surface area contributed by atoms with E-state index < -0.39 is 5.91 Å². The van der Waals surface area contributed by atoms with Gasteiger partial charge in [-0.15, -0.1) is 12.4 Å². The van der Waals surface area contributed by atoms with Crippen LogP contribution in [0.25, 0.3) is 11.0 Å². The number of amides is 2. The molecule has 2 aromatic heterocycles. The number of nitrogens with two attached hydrogens (primary N) is 1. The van der Waals surface area contributed by atoms with E-state index in [2.05, 4.69) is 35.1 Å². The molecule has 0 aliphatic heterocycles. The second kappa shape index (κ2) is 14.0. The standard InChI is InChI=1S/C22H29ClN8O2.2ClH/c1-4-30-15-8-7-14(21(32)26-10-6-9-25-3)11-16(15)31(5-2)18(30)13-28-22(33)19-20(24)27-12-17(23)29-19;;/h7-8,11-12,25H,4-6,9-10,13H2,1-3H3,(H3-,24,26,27,28,32,33);2*1H. The average Bonchev–Trinajstić information content (AvgIpc) is 3.13. The maximum Gasteiger partial charge on any atom is 0.277 e. The molecule has 10 nitrogen and oxygen atoms in total. The number of carbonyl (C=O) groups excluding carboxylic acids is 2. The highest BCUT2D eigenvalue weighted by atomic mass is 35.5. The van der Waals surface area contributed by atoms with Gasteiger partial charge in [-0.05, 0) is 46.0 Å². The van der Waals surface area contributed by atoms with E-state index in [1.165, 1.54) is 6.20 Å². The third-order valence-electron chi connectivity index (χ3n) is 5.36. The molecule has 13 heteroatoms. The van der Waals surface area contributed by atoms with E-state index in [0.29, 0.717) is 25.2 Å². The summed E-state index contributed by atoms with van der Waals surface area (Å²) in [4.78, 5) is 33.1. The highest BCUT2D eigenvalue weighted by Gasteiger charge is 2.25. The number of rotatable bonds is 10. The van der Waals surface area contributed by atoms with Gasteiger partial charge in [0.15, 0.2) is 22.5 Å². The first-order valence-corrected chi connectivity index (χ1v) is 11.3. The summed E-state index contributed by atoms with van der Waals surface area (Å²) in [6.45, 7) is 7.12. The third-order valence-corrected chi connectivity index (χ3v) is 5.54. The molecule has 2 heterocycles. The number of benzene rings is 1. The molecule has 0 atom stereocenters. The van der Waals surface area contributed by atoms with E-state index in [0.717, 1.165) is 29.8 Å². The first-order chi connectivity index (χ1) is 15.9. The number of carbonyl (C=O) groups is 2. The van der Waals surface area contributed by atoms with Crippen molar-refractivity contribution in [2.45, 2.75) is 39.9 Å². The van der Waals surface area contributed by atoms with Crippen molar-refractivity contribution in [2.75, 3.05) is 25.9 Å². The van der Waals surface area contributed by atoms with Crippen LogP contribution in [0.4, 0.5) is 5.82 Å². The van der Waals surface area contributed by atoms with Crippen LogP contribution in [0, 0.1) is 0 Å². The molecule has 0 saturated heterocycles. The second-order valence-corrected chi connectivity index (χ2v) is 7.82. The summed E-state index contributed by atoms with van der Waals surface area (Å²) in [5.41, 5.74) is 8.28. The molecular weight excluding hydrogens is 515 g/mol. The van der Waals surface area contributed by atoms with E-state index in [9.17, 15) is 9.59 Å². The Morgan fingerprint density at radius 2 is 1.91 bits per heavy atom. The zero-order valence-electron chi connectivity index (χ0n) is 19.9. The monoisotopic (exact) mass is 544 g/mol. The lowest BCUT2D eigenvalue weighted by Gasteiger charge is -2.07. The zero-order valence-corrected chi connectivity index (χ0v) is 22.2. The molecule has 1 aromatic carbocycles. The van der Waals surface area contributed by atoms with Crippen LogP contribution in [0.1, 0.15) is 46.9 Å². The first kappa shape index (κ1) is 30.4. The van der Waals surface area contributed by atoms with Crippen LogP contribution in [0.5, 0.6) is 0 Å². The van der Waals surface area contributed by atoms with Gasteiger partial charge in [0.05, 0.1) is 19.3 Å². The van der Waals surface area contributed by atoms with Crippen LogP contribution in [-0.4, -0.2) is 46.5 Å². The molecule has 35 heavy (non-hydrogen) atoms. The molecular formula is C22H31Cl3N8O2. The molecule has 3 aromatic rings. The quantitative estimate of drug-likeness (QED) is 0.185. The van der Waals surface area contributed by atoms with Crippen LogP contribution < -0.4 is 38.7 Å². The molecule has 0 radical (unpaired) electrons. The fourth-order valence-corrected chi connectivity index (χ4v) is 3.92. The van der Waals surface area contributed by atoms with Crippen molar-refractivity contribution in [1.29, 1.82) is 0 Å². The minimum atomic E-state index is -0.459. The maximum absolute atomic E-state index is 12.7. The zero-order chi connectivity index (χ0) is 24.0. The van der Waals surface area contributed by atoms with Gasteiger partial charge in [-0.2, -0.15) is 0 Å². The van der Waals surface area contributed by atoms with Gasteiger partial charge in [0, 0.05) is 18.2 Å². The topological polar surface area (TPSA) is 131 Å². The number of halogens is 3. The van der Waals surface area contributed by atoms with Crippen LogP contribution in [0.2, 0.25) is 5.15 Å². The molecule has 0 aliphatic rings. The van der Waals surface area contributed by atoms with Crippen molar-refractivity contribution in [1.82, 2.24) is 30.5 Å². The molecule has 0 bridgehead atoms. The molecule has 2 amide bonds. The van der Waals surface area contributed by atoms with Crippen LogP contribution in [-0.2, 0) is 19.6 Å². The van der Waals surface area contributed by atoms with Crippen molar-refractivity contribution in [3.05, 3.63) is 46.6 Å². The first-order valence-electron chi connectivity index (χ1n) is 10.9. The Morgan fingerprint density at radius 3 is 2.57 bits per heavy atom. The number of anilines is 1. The van der Waals surface area contributed by atoms with Gasteiger partial charge in [0.25, 0.3) is 17.6 Å². The summed E-state index contributed by atoms with van der Waals surface area (Å²) in [7, 11) is 1.88. The van der Waals surface area contributed by atoms with Crippen LogP contribution in [0.15, 0.2) is 24.4 Å². The van der Waals surface area contributed by atoms with E-state index >= 15 is 0 Å². The minimum absolute atomic E-state index is 0. The number of hydrogen-bond donors (Lipinski definition) is 4. The van der Waals surface area contributed by atoms with Gasteiger partial charge in [-0.1, -0.05) is 11.6 Å². The van der Waals surface area contributed by atoms with Gasteiger partial charge in [-0.3, -0.25) is 9.59 Å². The lowest BCUT2D eigenvalue weighted by atomic mass is 10.2. The van der Waals surface area contributed by atoms with E-state index in [4.69, 9.17) is 17.3 Å². The number of nitrogens with zero attached hydrogens (tertiary/aromatic N) is 4. The Balaban J connectivity index is 0.00000306. The molecule has 192 valence electrons. The van der Waals surface area contributed by atoms with Crippen LogP contribution >= 0.6 is 24.0 Å². The average molecular weight is 546 g/mol. The van der Waals surface area contributed by atoms with Gasteiger partial charge >= 0.3 is 0 Å². The fourth-order valence-electron chi connectivity index (χ4n) is 3.79. The Labute approximate surface area is 221 Å². The Bertz CT molecular complexity index is 1170. The number of aryl methyl sites for hydroxylation is 2. The predicted molar refractivity (Wildman–Crippen MR) is 134 cm³/mol. The number of nitrogen functional groups attached to an aromatic ring is 1. The lowest BCUT2D eigenvalue weighted by Crippen LogP contribution is -3.00. The number of hydrogen-bond acceptors (Lipinski definition) is 6. The Kier molecular flexibility index (Phi) is 12.2. The van der Waals surface area contributed by atoms with Gasteiger partial charge < -0.3 is 34.1 Å². The van der Waals surface area contributed by atoms with Crippen molar-refractivity contribution < 1.29 is 26.6 Å². The van der Waals surface area contributed by atoms with Crippen LogP contribution in [0.3, 0.4) is 0 Å². The predicted octanol–water partition coefficient (Wildman–Crippen LogP) is -1.31. The Hall–Kier alpha value is -2.66. The summed E-state index contributed by atoms with van der Waals surface area (Å²) in [6, 6.07) is 5.66. The number of imidazole rings is 1. The molecule has 0 unspecified atom stereocenters. The normalized spacial score (nSPS) is 10.4. The summed E-state index contributed by atoms with van der Waals surface area (Å²) in [6.07, 6.45) is 2.15. The van der Waals surface area contributed by atoms with Crippen molar-refractivity contribution in [3.8, 4) is 0 Å². The smallest absolute Gasteiger partial charge is 0.277 e. The molecule has 5 N–H and O–H groups in total. The summed E-state index contributed by atoms with van der Waals surface area (Å²) >= 11 is 5.86. The number of nitrogens with one attached hydrogen (secondary N) is 3. The van der Waals surface area contributed by atoms with Crippen molar-refractivity contribution in [3.63, 3.8) is 0 Å². The molecule has 0 saturated carbocycles. The van der Waals surface area contributed by atoms with E-state index in [1.54, 1.807) is 0 Å². The number of aromatic nitrogens is 4. The second-order valence-electron chi connectivity index (χ2n) is 7.43. The Morgan fingerprint density at radius 1 is 1.17 bits per heavy atom. The largest absolute Gasteiger partial charge is 1.00 e. The summed E-state index contributed by atoms with van der Waals surface area (Å²) in [5, 5.41) is 8.97. The van der Waals surface area contributed by atoms with Crippen molar-refractivity contribution in [2.24, 2.45) is 0 Å². The molecule has 3 rings (SSSR count). The molecule has 0 fully saturated rings. The van der Waals surface area contributed by atoms with Gasteiger partial charge in [-0.25, -0.2) is 19.1 Å². The maximum atomic E-state index is 12.7. The minimum Gasteiger partial charge on any atom is -1.00 e. The number of fused-ring (bicyclic) bond motifs is 1. The van der Waals surface area contributed by atoms with E-state index in [-0.39, 0.29) is 53.9 Å². The molecule has 0 spiro atoms. The van der Waals surface area contributed by atoms with E-state index in [1.807, 2.05) is 39.1 Å². The highest BCUT2D eigenvalue weighted by molar-refractivity contribution is 6.29. The highest BCUT2D eigenvalue weighted by Crippen LogP contribution is 2.18.